The zero-order chi connectivity index (χ0) is 21.2. The lowest BCUT2D eigenvalue weighted by atomic mass is 10.1. The van der Waals surface area contributed by atoms with Gasteiger partial charge in [-0.05, 0) is 42.8 Å². The van der Waals surface area contributed by atoms with Crippen LogP contribution in [-0.2, 0) is 19.6 Å². The van der Waals surface area contributed by atoms with Crippen molar-refractivity contribution in [1.82, 2.24) is 0 Å². The van der Waals surface area contributed by atoms with Crippen molar-refractivity contribution < 1.29 is 27.5 Å². The Morgan fingerprint density at radius 1 is 0.966 bits per heavy atom. The first-order valence-corrected chi connectivity index (χ1v) is 10.5. The van der Waals surface area contributed by atoms with Gasteiger partial charge in [0.25, 0.3) is 10.0 Å². The molecule has 0 unspecified atom stereocenters. The number of benzene rings is 2. The van der Waals surface area contributed by atoms with Crippen LogP contribution in [0.3, 0.4) is 0 Å². The maximum atomic E-state index is 13.1. The van der Waals surface area contributed by atoms with Crippen LogP contribution in [0, 0.1) is 0 Å². The largest absolute Gasteiger partial charge is 0.495 e. The van der Waals surface area contributed by atoms with E-state index in [2.05, 4.69) is 4.72 Å². The summed E-state index contributed by atoms with van der Waals surface area (Å²) in [7, 11) is -1.44. The first-order valence-electron chi connectivity index (χ1n) is 8.67. The molecule has 1 saturated heterocycles. The summed E-state index contributed by atoms with van der Waals surface area (Å²) in [6.07, 6.45) is 0.918. The molecule has 29 heavy (non-hydrogen) atoms. The Kier molecular flexibility index (Phi) is 5.99. The summed E-state index contributed by atoms with van der Waals surface area (Å²) in [6.45, 7) is 0. The molecule has 2 aromatic rings. The zero-order valence-corrected chi connectivity index (χ0v) is 17.3. The van der Waals surface area contributed by atoms with Gasteiger partial charge in [0, 0.05) is 17.9 Å². The van der Waals surface area contributed by atoms with E-state index in [-0.39, 0.29) is 52.4 Å². The maximum absolute atomic E-state index is 13.1. The van der Waals surface area contributed by atoms with Gasteiger partial charge < -0.3 is 9.47 Å². The zero-order valence-electron chi connectivity index (χ0n) is 15.8. The molecule has 0 spiro atoms. The minimum absolute atomic E-state index is 0.0548. The van der Waals surface area contributed by atoms with Gasteiger partial charge in [-0.3, -0.25) is 19.2 Å². The van der Waals surface area contributed by atoms with E-state index in [1.165, 1.54) is 44.6 Å². The predicted molar refractivity (Wildman–Crippen MR) is 108 cm³/mol. The number of nitrogens with zero attached hydrogens (tertiary/aromatic N) is 1. The Morgan fingerprint density at radius 3 is 2.21 bits per heavy atom. The summed E-state index contributed by atoms with van der Waals surface area (Å²) in [5, 5.41) is 0.314. The predicted octanol–water partition coefficient (Wildman–Crippen LogP) is 3.20. The van der Waals surface area contributed by atoms with E-state index in [1.54, 1.807) is 6.07 Å². The molecule has 3 rings (SSSR count). The third kappa shape index (κ3) is 4.30. The molecule has 2 aromatic carbocycles. The lowest BCUT2D eigenvalue weighted by Crippen LogP contribution is -2.40. The number of ether oxygens (including phenoxy) is 2. The molecule has 154 valence electrons. The molecule has 1 aliphatic heterocycles. The van der Waals surface area contributed by atoms with Gasteiger partial charge in [-0.1, -0.05) is 11.6 Å². The maximum Gasteiger partial charge on any atom is 0.265 e. The molecule has 0 bridgehead atoms. The minimum atomic E-state index is -4.16. The SMILES string of the molecule is COc1ccc(Cl)cc1NS(=O)(=O)c1cc(N2C(=O)CCCC2=O)ccc1OC. The average Bonchev–Trinajstić information content (AvgIpc) is 2.67. The smallest absolute Gasteiger partial charge is 0.265 e. The highest BCUT2D eigenvalue weighted by molar-refractivity contribution is 7.92. The lowest BCUT2D eigenvalue weighted by molar-refractivity contribution is -0.129. The molecule has 0 aliphatic carbocycles. The Bertz CT molecular complexity index is 1050. The number of anilines is 2. The van der Waals surface area contributed by atoms with Crippen LogP contribution >= 0.6 is 11.6 Å². The van der Waals surface area contributed by atoms with Crippen molar-refractivity contribution in [2.45, 2.75) is 24.2 Å². The molecule has 0 aromatic heterocycles. The fraction of sp³-hybridized carbons (Fsp3) is 0.263. The number of sulfonamides is 1. The van der Waals surface area contributed by atoms with E-state index in [0.29, 0.717) is 11.4 Å². The fourth-order valence-electron chi connectivity index (χ4n) is 3.02. The van der Waals surface area contributed by atoms with Crippen LogP contribution in [0.2, 0.25) is 5.02 Å². The summed E-state index contributed by atoms with van der Waals surface area (Å²) in [6, 6.07) is 8.60. The monoisotopic (exact) mass is 438 g/mol. The Labute approximate surface area is 173 Å². The van der Waals surface area contributed by atoms with Crippen molar-refractivity contribution in [2.75, 3.05) is 23.8 Å². The Balaban J connectivity index is 2.05. The standard InChI is InChI=1S/C19H19ClN2O6S/c1-27-15-8-6-12(20)10-14(15)21-29(25,26)17-11-13(7-9-16(17)28-2)22-18(23)4-3-5-19(22)24/h6-11,21H,3-5H2,1-2H3. The number of carbonyl (C=O) groups is 2. The van der Waals surface area contributed by atoms with Crippen LogP contribution in [-0.4, -0.2) is 34.5 Å². The van der Waals surface area contributed by atoms with Crippen molar-refractivity contribution in [3.05, 3.63) is 41.4 Å². The molecule has 1 N–H and O–H groups in total. The molecule has 8 nitrogen and oxygen atoms in total. The summed E-state index contributed by atoms with van der Waals surface area (Å²) < 4.78 is 38.9. The minimum Gasteiger partial charge on any atom is -0.495 e. The quantitative estimate of drug-likeness (QED) is 0.695. The van der Waals surface area contributed by atoms with Crippen molar-refractivity contribution in [2.24, 2.45) is 0 Å². The van der Waals surface area contributed by atoms with Gasteiger partial charge in [0.1, 0.15) is 16.4 Å². The van der Waals surface area contributed by atoms with Crippen LogP contribution in [0.5, 0.6) is 11.5 Å². The number of hydrogen-bond donors (Lipinski definition) is 1. The highest BCUT2D eigenvalue weighted by Crippen LogP contribution is 2.34. The van der Waals surface area contributed by atoms with E-state index < -0.39 is 10.0 Å². The molecule has 1 aliphatic rings. The van der Waals surface area contributed by atoms with Crippen LogP contribution in [0.25, 0.3) is 0 Å². The molecule has 2 amide bonds. The third-order valence-corrected chi connectivity index (χ3v) is 6.00. The molecular formula is C19H19ClN2O6S. The number of piperidine rings is 1. The first kappa shape index (κ1) is 20.9. The highest BCUT2D eigenvalue weighted by atomic mass is 35.5. The number of halogens is 1. The van der Waals surface area contributed by atoms with Crippen molar-refractivity contribution in [1.29, 1.82) is 0 Å². The van der Waals surface area contributed by atoms with Gasteiger partial charge in [0.15, 0.2) is 0 Å². The average molecular weight is 439 g/mol. The number of amides is 2. The van der Waals surface area contributed by atoms with Crippen molar-refractivity contribution in [3.8, 4) is 11.5 Å². The van der Waals surface area contributed by atoms with Gasteiger partial charge >= 0.3 is 0 Å². The third-order valence-electron chi connectivity index (χ3n) is 4.38. The van der Waals surface area contributed by atoms with Gasteiger partial charge in [0.2, 0.25) is 11.8 Å². The van der Waals surface area contributed by atoms with Gasteiger partial charge in [-0.15, -0.1) is 0 Å². The van der Waals surface area contributed by atoms with E-state index in [1.807, 2.05) is 0 Å². The Morgan fingerprint density at radius 2 is 1.59 bits per heavy atom. The van der Waals surface area contributed by atoms with E-state index >= 15 is 0 Å². The van der Waals surface area contributed by atoms with Crippen LogP contribution < -0.4 is 19.1 Å². The molecule has 0 radical (unpaired) electrons. The van der Waals surface area contributed by atoms with E-state index in [9.17, 15) is 18.0 Å². The second-order valence-corrected chi connectivity index (χ2v) is 8.35. The van der Waals surface area contributed by atoms with Crippen LogP contribution in [0.15, 0.2) is 41.3 Å². The van der Waals surface area contributed by atoms with Crippen LogP contribution in [0.4, 0.5) is 11.4 Å². The molecule has 0 atom stereocenters. The number of imide groups is 1. The van der Waals surface area contributed by atoms with Gasteiger partial charge in [-0.25, -0.2) is 8.42 Å². The van der Waals surface area contributed by atoms with Crippen molar-refractivity contribution in [3.63, 3.8) is 0 Å². The van der Waals surface area contributed by atoms with Gasteiger partial charge in [0.05, 0.1) is 25.6 Å². The highest BCUT2D eigenvalue weighted by Gasteiger charge is 2.30. The normalized spacial score (nSPS) is 14.7. The molecule has 0 saturated carbocycles. The summed E-state index contributed by atoms with van der Waals surface area (Å²) in [5.74, 6) is -0.424. The van der Waals surface area contributed by atoms with Gasteiger partial charge in [-0.2, -0.15) is 0 Å². The Hall–Kier alpha value is -2.78. The summed E-state index contributed by atoms with van der Waals surface area (Å²) in [4.78, 5) is 25.2. The number of nitrogens with one attached hydrogen (secondary N) is 1. The topological polar surface area (TPSA) is 102 Å². The molecular weight excluding hydrogens is 420 g/mol. The van der Waals surface area contributed by atoms with E-state index in [4.69, 9.17) is 21.1 Å². The van der Waals surface area contributed by atoms with Crippen LogP contribution in [0.1, 0.15) is 19.3 Å². The number of methoxy groups -OCH3 is 2. The second-order valence-electron chi connectivity index (χ2n) is 6.26. The number of hydrogen-bond acceptors (Lipinski definition) is 6. The molecule has 1 fully saturated rings. The fourth-order valence-corrected chi connectivity index (χ4v) is 4.44. The lowest BCUT2D eigenvalue weighted by Gasteiger charge is -2.25. The van der Waals surface area contributed by atoms with Crippen molar-refractivity contribution >= 4 is 44.8 Å². The summed E-state index contributed by atoms with van der Waals surface area (Å²) >= 11 is 5.97. The summed E-state index contributed by atoms with van der Waals surface area (Å²) in [5.41, 5.74) is 0.302. The van der Waals surface area contributed by atoms with E-state index in [0.717, 1.165) is 4.90 Å². The molecule has 10 heteroatoms. The second kappa shape index (κ2) is 8.30. The number of carbonyl (C=O) groups excluding carboxylic acids is 2. The first-order chi connectivity index (χ1) is 13.8. The molecule has 1 heterocycles. The number of rotatable bonds is 6.